The van der Waals surface area contributed by atoms with Crippen LogP contribution in [0.2, 0.25) is 0 Å². The molecule has 0 aromatic carbocycles. The van der Waals surface area contributed by atoms with Crippen LogP contribution in [0.1, 0.15) is 32.1 Å². The maximum atomic E-state index is 11.9. The number of rotatable bonds is 1. The van der Waals surface area contributed by atoms with Crippen LogP contribution in [0, 0.1) is 5.92 Å². The zero-order valence-corrected chi connectivity index (χ0v) is 9.33. The minimum atomic E-state index is -1.99. The molecule has 2 aliphatic carbocycles. The maximum absolute atomic E-state index is 11.9. The summed E-state index contributed by atoms with van der Waals surface area (Å²) >= 11 is 3.40. The van der Waals surface area contributed by atoms with Crippen molar-refractivity contribution in [2.75, 3.05) is 6.66 Å². The second-order valence-electron chi connectivity index (χ2n) is 4.19. The first-order valence-corrected chi connectivity index (χ1v) is 8.48. The minimum absolute atomic E-state index is 0.220. The van der Waals surface area contributed by atoms with Gasteiger partial charge >= 0.3 is 0 Å². The first kappa shape index (κ1) is 8.31. The van der Waals surface area contributed by atoms with Gasteiger partial charge in [-0.05, 0) is 60.2 Å². The van der Waals surface area contributed by atoms with Crippen LogP contribution in [-0.2, 0) is 4.57 Å². The van der Waals surface area contributed by atoms with Crippen molar-refractivity contribution in [3.05, 3.63) is 0 Å². The van der Waals surface area contributed by atoms with Gasteiger partial charge in [0.2, 0.25) is 0 Å². The van der Waals surface area contributed by atoms with Crippen molar-refractivity contribution in [1.82, 2.24) is 0 Å². The molecule has 0 radical (unpaired) electrons. The Kier molecular flexibility index (Phi) is 1.78. The summed E-state index contributed by atoms with van der Waals surface area (Å²) in [6.45, 7) is 1.90. The van der Waals surface area contributed by atoms with Crippen molar-refractivity contribution in [3.8, 4) is 0 Å². The highest BCUT2D eigenvalue weighted by Crippen LogP contribution is 2.73. The zero-order valence-electron chi connectivity index (χ0n) is 6.85. The fourth-order valence-corrected chi connectivity index (χ4v) is 5.86. The molecule has 1 nitrogen and oxygen atoms in total. The summed E-state index contributed by atoms with van der Waals surface area (Å²) in [5, 5.41) is 0.220. The van der Waals surface area contributed by atoms with E-state index in [-0.39, 0.29) is 5.16 Å². The third kappa shape index (κ3) is 1.14. The molecular formula is C8H14BrOP. The zero-order chi connectivity index (χ0) is 8.11. The quantitative estimate of drug-likeness (QED) is 0.636. The molecule has 0 N–H and O–H groups in total. The molecule has 0 heterocycles. The molecule has 0 spiro atoms. The van der Waals surface area contributed by atoms with Crippen LogP contribution in [0.4, 0.5) is 0 Å². The largest absolute Gasteiger partial charge is 0.311 e. The molecule has 2 saturated carbocycles. The summed E-state index contributed by atoms with van der Waals surface area (Å²) in [6, 6.07) is 0. The number of halogens is 1. The average molecular weight is 237 g/mol. The van der Waals surface area contributed by atoms with E-state index < -0.39 is 5.84 Å². The van der Waals surface area contributed by atoms with Gasteiger partial charge in [0, 0.05) is 5.16 Å². The van der Waals surface area contributed by atoms with Crippen LogP contribution in [-0.4, -0.2) is 11.8 Å². The summed E-state index contributed by atoms with van der Waals surface area (Å²) in [5.74, 6) is -1.09. The first-order chi connectivity index (χ1) is 5.04. The van der Waals surface area contributed by atoms with E-state index in [9.17, 15) is 4.57 Å². The summed E-state index contributed by atoms with van der Waals surface area (Å²) in [4.78, 5) is 0. The van der Waals surface area contributed by atoms with Crippen molar-refractivity contribution in [3.63, 3.8) is 0 Å². The summed E-state index contributed by atoms with van der Waals surface area (Å²) < 4.78 is 11.9. The fourth-order valence-electron chi connectivity index (χ4n) is 2.72. The second-order valence-corrected chi connectivity index (χ2v) is 10.8. The van der Waals surface area contributed by atoms with Gasteiger partial charge < -0.3 is 4.57 Å². The number of hydrogen-bond acceptors (Lipinski definition) is 1. The van der Waals surface area contributed by atoms with E-state index in [1.807, 2.05) is 6.66 Å². The van der Waals surface area contributed by atoms with Crippen LogP contribution in [0.3, 0.4) is 0 Å². The Morgan fingerprint density at radius 3 is 2.18 bits per heavy atom. The normalized spacial score (nSPS) is 47.6. The Morgan fingerprint density at radius 2 is 2.00 bits per heavy atom. The van der Waals surface area contributed by atoms with Gasteiger partial charge in [-0.2, -0.15) is 0 Å². The highest BCUT2D eigenvalue weighted by atomic mass is 79.9. The molecule has 0 amide bonds. The maximum Gasteiger partial charge on any atom is 0.151 e. The van der Waals surface area contributed by atoms with E-state index in [2.05, 4.69) is 15.5 Å². The Labute approximate surface area is 76.1 Å². The van der Waals surface area contributed by atoms with E-state index >= 15 is 0 Å². The predicted octanol–water partition coefficient (Wildman–Crippen LogP) is 3.62. The van der Waals surface area contributed by atoms with Crippen molar-refractivity contribution >= 4 is 21.3 Å². The Morgan fingerprint density at radius 1 is 1.45 bits per heavy atom. The van der Waals surface area contributed by atoms with Gasteiger partial charge in [-0.25, -0.2) is 0 Å². The summed E-state index contributed by atoms with van der Waals surface area (Å²) in [6.07, 6.45) is 6.28. The molecular weight excluding hydrogens is 223 g/mol. The topological polar surface area (TPSA) is 17.1 Å². The van der Waals surface area contributed by atoms with Crippen LogP contribution < -0.4 is 0 Å². The van der Waals surface area contributed by atoms with E-state index in [0.29, 0.717) is 0 Å². The van der Waals surface area contributed by atoms with Crippen molar-refractivity contribution in [2.24, 2.45) is 5.92 Å². The lowest BCUT2D eigenvalue weighted by atomic mass is 10.0. The van der Waals surface area contributed by atoms with E-state index in [1.54, 1.807) is 0 Å². The van der Waals surface area contributed by atoms with Gasteiger partial charge in [-0.15, -0.1) is 0 Å². The second kappa shape index (κ2) is 2.35. The average Bonchev–Trinajstić information content (AvgIpc) is 2.42. The van der Waals surface area contributed by atoms with Gasteiger partial charge in [0.15, 0.2) is 5.84 Å². The van der Waals surface area contributed by atoms with E-state index in [0.717, 1.165) is 5.92 Å². The smallest absolute Gasteiger partial charge is 0.151 e. The fraction of sp³-hybridized carbons (Fsp3) is 1.00. The SMILES string of the molecule is CP(=O)(Br)C12CCC(CC1)C2. The minimum Gasteiger partial charge on any atom is -0.311 e. The number of hydrogen-bond donors (Lipinski definition) is 0. The Hall–Kier alpha value is 0.710. The van der Waals surface area contributed by atoms with Crippen molar-refractivity contribution in [2.45, 2.75) is 37.3 Å². The van der Waals surface area contributed by atoms with Gasteiger partial charge in [0.25, 0.3) is 0 Å². The lowest BCUT2D eigenvalue weighted by molar-refractivity contribution is 0.482. The van der Waals surface area contributed by atoms with E-state index in [1.165, 1.54) is 32.1 Å². The van der Waals surface area contributed by atoms with Gasteiger partial charge in [0.05, 0.1) is 0 Å². The first-order valence-electron chi connectivity index (χ1n) is 4.31. The lowest BCUT2D eigenvalue weighted by Gasteiger charge is -2.29. The van der Waals surface area contributed by atoms with Gasteiger partial charge in [0.1, 0.15) is 0 Å². The Bertz CT molecular complexity index is 212. The van der Waals surface area contributed by atoms with Gasteiger partial charge in [-0.1, -0.05) is 0 Å². The predicted molar refractivity (Wildman–Crippen MR) is 51.8 cm³/mol. The molecule has 2 rings (SSSR count). The lowest BCUT2D eigenvalue weighted by Crippen LogP contribution is -2.19. The summed E-state index contributed by atoms with van der Waals surface area (Å²) in [7, 11) is 0. The van der Waals surface area contributed by atoms with Crippen molar-refractivity contribution in [1.29, 1.82) is 0 Å². The highest BCUT2D eigenvalue weighted by Gasteiger charge is 2.52. The molecule has 2 aliphatic rings. The van der Waals surface area contributed by atoms with Crippen LogP contribution in [0.25, 0.3) is 0 Å². The number of fused-ring (bicyclic) bond motifs is 2. The van der Waals surface area contributed by atoms with Crippen LogP contribution in [0.5, 0.6) is 0 Å². The standard InChI is InChI=1S/C8H14BrOP/c1-11(9,10)8-4-2-7(6-8)3-5-8/h7H,2-6H2,1H3. The molecule has 0 aromatic heterocycles. The van der Waals surface area contributed by atoms with Crippen LogP contribution in [0.15, 0.2) is 0 Å². The monoisotopic (exact) mass is 236 g/mol. The molecule has 3 heteroatoms. The molecule has 2 fully saturated rings. The molecule has 0 aromatic rings. The highest BCUT2D eigenvalue weighted by molar-refractivity contribution is 9.40. The molecule has 64 valence electrons. The third-order valence-electron chi connectivity index (χ3n) is 3.55. The molecule has 2 bridgehead atoms. The molecule has 0 saturated heterocycles. The van der Waals surface area contributed by atoms with Crippen molar-refractivity contribution < 1.29 is 4.57 Å². The molecule has 1 atom stereocenters. The summed E-state index contributed by atoms with van der Waals surface area (Å²) in [5.41, 5.74) is 0. The molecule has 1 unspecified atom stereocenters. The van der Waals surface area contributed by atoms with E-state index in [4.69, 9.17) is 0 Å². The Balaban J connectivity index is 2.30. The molecule has 11 heavy (non-hydrogen) atoms. The van der Waals surface area contributed by atoms with Crippen LogP contribution >= 0.6 is 21.3 Å². The molecule has 0 aliphatic heterocycles. The third-order valence-corrected chi connectivity index (χ3v) is 8.13. The van der Waals surface area contributed by atoms with Gasteiger partial charge in [-0.3, -0.25) is 0 Å².